The van der Waals surface area contributed by atoms with Gasteiger partial charge < -0.3 is 9.88 Å². The van der Waals surface area contributed by atoms with E-state index in [1.54, 1.807) is 11.0 Å². The van der Waals surface area contributed by atoms with Gasteiger partial charge in [-0.3, -0.25) is 4.79 Å². The van der Waals surface area contributed by atoms with E-state index in [-0.39, 0.29) is 17.9 Å². The molecule has 1 N–H and O–H groups in total. The molecule has 3 aromatic rings. The molecule has 124 valence electrons. The second kappa shape index (κ2) is 7.12. The van der Waals surface area contributed by atoms with Gasteiger partial charge in [-0.1, -0.05) is 26.0 Å². The molecule has 0 unspecified atom stereocenters. The van der Waals surface area contributed by atoms with Crippen LogP contribution in [0.25, 0.3) is 0 Å². The van der Waals surface area contributed by atoms with Crippen molar-refractivity contribution in [2.24, 2.45) is 5.92 Å². The number of hydrogen-bond donors (Lipinski definition) is 1. The highest BCUT2D eigenvalue weighted by atomic mass is 16.2. The van der Waals surface area contributed by atoms with Gasteiger partial charge in [0.2, 0.25) is 5.91 Å². The number of hydrogen-bond acceptors (Lipinski definition) is 3. The van der Waals surface area contributed by atoms with Crippen LogP contribution in [0.2, 0.25) is 0 Å². The van der Waals surface area contributed by atoms with E-state index in [2.05, 4.69) is 15.4 Å². The maximum absolute atomic E-state index is 12.6. The van der Waals surface area contributed by atoms with Gasteiger partial charge in [-0.05, 0) is 35.7 Å². The zero-order valence-electron chi connectivity index (χ0n) is 13.8. The number of nitrogens with one attached hydrogen (secondary N) is 1. The predicted octanol–water partition coefficient (Wildman–Crippen LogP) is 2.96. The third kappa shape index (κ3) is 3.71. The number of anilines is 1. The lowest BCUT2D eigenvalue weighted by Gasteiger charge is -2.22. The Hall–Kier alpha value is -2.89. The molecule has 0 saturated heterocycles. The molecule has 0 bridgehead atoms. The predicted molar refractivity (Wildman–Crippen MR) is 92.5 cm³/mol. The molecule has 0 aliphatic carbocycles. The van der Waals surface area contributed by atoms with Gasteiger partial charge in [-0.15, -0.1) is 0 Å². The lowest BCUT2D eigenvalue weighted by Crippen LogP contribution is -2.29. The minimum Gasteiger partial charge on any atom is -0.342 e. The summed E-state index contributed by atoms with van der Waals surface area (Å²) in [7, 11) is 0. The van der Waals surface area contributed by atoms with E-state index in [1.807, 2.05) is 67.2 Å². The molecule has 2 heterocycles. The smallest absolute Gasteiger partial charge is 0.247 e. The molecule has 6 nitrogen and oxygen atoms in total. The van der Waals surface area contributed by atoms with E-state index in [0.29, 0.717) is 6.54 Å². The van der Waals surface area contributed by atoms with Crippen LogP contribution < -0.4 is 5.32 Å². The van der Waals surface area contributed by atoms with Crippen LogP contribution >= 0.6 is 0 Å². The fourth-order valence-corrected chi connectivity index (χ4v) is 2.73. The molecule has 1 atom stereocenters. The standard InChI is InChI=1S/C18H21N5O/c1-14(2)17(22-9-3-4-10-22)18(24)21-16-7-5-15(6-8-16)11-23-13-19-12-20-23/h3-10,12-14,17H,11H2,1-2H3,(H,21,24)/t17-/m0/s1. The van der Waals surface area contributed by atoms with Gasteiger partial charge in [0, 0.05) is 18.1 Å². The highest BCUT2D eigenvalue weighted by Crippen LogP contribution is 2.21. The van der Waals surface area contributed by atoms with Crippen molar-refractivity contribution in [3.8, 4) is 0 Å². The summed E-state index contributed by atoms with van der Waals surface area (Å²) in [4.78, 5) is 16.6. The Labute approximate surface area is 141 Å². The van der Waals surface area contributed by atoms with Crippen LogP contribution in [0.5, 0.6) is 0 Å². The van der Waals surface area contributed by atoms with Crippen LogP contribution in [0.15, 0.2) is 61.4 Å². The molecule has 3 rings (SSSR count). The largest absolute Gasteiger partial charge is 0.342 e. The summed E-state index contributed by atoms with van der Waals surface area (Å²) >= 11 is 0. The molecule has 0 aliphatic rings. The van der Waals surface area contributed by atoms with Gasteiger partial charge in [-0.25, -0.2) is 9.67 Å². The second-order valence-corrected chi connectivity index (χ2v) is 6.10. The number of nitrogens with zero attached hydrogens (tertiary/aromatic N) is 4. The Morgan fingerprint density at radius 3 is 2.46 bits per heavy atom. The first-order valence-corrected chi connectivity index (χ1v) is 7.98. The number of rotatable bonds is 6. The molecule has 6 heteroatoms. The first kappa shape index (κ1) is 16.0. The summed E-state index contributed by atoms with van der Waals surface area (Å²) in [5.74, 6) is 0.189. The Kier molecular flexibility index (Phi) is 4.74. The van der Waals surface area contributed by atoms with Crippen LogP contribution in [0.4, 0.5) is 5.69 Å². The van der Waals surface area contributed by atoms with Crippen molar-refractivity contribution >= 4 is 11.6 Å². The molecule has 0 spiro atoms. The molecule has 0 saturated carbocycles. The SMILES string of the molecule is CC(C)[C@@H](C(=O)Nc1ccc(Cn2cncn2)cc1)n1cccc1. The van der Waals surface area contributed by atoms with E-state index < -0.39 is 0 Å². The highest BCUT2D eigenvalue weighted by Gasteiger charge is 2.23. The van der Waals surface area contributed by atoms with E-state index in [1.165, 1.54) is 6.33 Å². The third-order valence-electron chi connectivity index (χ3n) is 3.88. The average Bonchev–Trinajstić information content (AvgIpc) is 3.23. The maximum atomic E-state index is 12.6. The van der Waals surface area contributed by atoms with E-state index in [4.69, 9.17) is 0 Å². The number of benzene rings is 1. The van der Waals surface area contributed by atoms with Gasteiger partial charge >= 0.3 is 0 Å². The monoisotopic (exact) mass is 323 g/mol. The van der Waals surface area contributed by atoms with Crippen LogP contribution in [-0.4, -0.2) is 25.2 Å². The number of amides is 1. The molecule has 0 fully saturated rings. The average molecular weight is 323 g/mol. The van der Waals surface area contributed by atoms with Crippen molar-refractivity contribution in [1.82, 2.24) is 19.3 Å². The lowest BCUT2D eigenvalue weighted by molar-refractivity contribution is -0.120. The van der Waals surface area contributed by atoms with Crippen molar-refractivity contribution in [3.05, 3.63) is 67.0 Å². The fraction of sp³-hybridized carbons (Fsp3) is 0.278. The minimum absolute atomic E-state index is 0.00905. The van der Waals surface area contributed by atoms with E-state index in [9.17, 15) is 4.79 Å². The quantitative estimate of drug-likeness (QED) is 0.758. The zero-order valence-corrected chi connectivity index (χ0v) is 13.8. The summed E-state index contributed by atoms with van der Waals surface area (Å²) in [5.41, 5.74) is 1.89. The normalized spacial score (nSPS) is 12.3. The van der Waals surface area contributed by atoms with Crippen LogP contribution in [-0.2, 0) is 11.3 Å². The van der Waals surface area contributed by atoms with Gasteiger partial charge in [-0.2, -0.15) is 5.10 Å². The van der Waals surface area contributed by atoms with Crippen molar-refractivity contribution in [1.29, 1.82) is 0 Å². The number of aromatic nitrogens is 4. The van der Waals surface area contributed by atoms with Gasteiger partial charge in [0.15, 0.2) is 0 Å². The van der Waals surface area contributed by atoms with Crippen molar-refractivity contribution in [2.75, 3.05) is 5.32 Å². The van der Waals surface area contributed by atoms with Crippen molar-refractivity contribution in [3.63, 3.8) is 0 Å². The first-order valence-electron chi connectivity index (χ1n) is 7.98. The molecule has 1 amide bonds. The van der Waals surface area contributed by atoms with Crippen LogP contribution in [0.1, 0.15) is 25.5 Å². The Balaban J connectivity index is 1.67. The zero-order chi connectivity index (χ0) is 16.9. The summed E-state index contributed by atoms with van der Waals surface area (Å²) in [6.07, 6.45) is 7.04. The third-order valence-corrected chi connectivity index (χ3v) is 3.88. The van der Waals surface area contributed by atoms with Crippen molar-refractivity contribution in [2.45, 2.75) is 26.4 Å². The molecular formula is C18H21N5O. The van der Waals surface area contributed by atoms with E-state index in [0.717, 1.165) is 11.3 Å². The fourth-order valence-electron chi connectivity index (χ4n) is 2.73. The number of carbonyl (C=O) groups excluding carboxylic acids is 1. The molecular weight excluding hydrogens is 302 g/mol. The molecule has 24 heavy (non-hydrogen) atoms. The summed E-state index contributed by atoms with van der Waals surface area (Å²) in [5, 5.41) is 7.09. The summed E-state index contributed by atoms with van der Waals surface area (Å²) < 4.78 is 3.70. The Bertz CT molecular complexity index is 760. The van der Waals surface area contributed by atoms with Crippen molar-refractivity contribution < 1.29 is 4.79 Å². The highest BCUT2D eigenvalue weighted by molar-refractivity contribution is 5.93. The van der Waals surface area contributed by atoms with Crippen LogP contribution in [0.3, 0.4) is 0 Å². The second-order valence-electron chi connectivity index (χ2n) is 6.10. The van der Waals surface area contributed by atoms with Gasteiger partial charge in [0.05, 0.1) is 6.54 Å². The molecule has 0 radical (unpaired) electrons. The Morgan fingerprint density at radius 1 is 1.17 bits per heavy atom. The molecule has 2 aromatic heterocycles. The summed E-state index contributed by atoms with van der Waals surface area (Å²) in [6.45, 7) is 4.75. The minimum atomic E-state index is -0.227. The first-order chi connectivity index (χ1) is 11.6. The molecule has 1 aromatic carbocycles. The molecule has 0 aliphatic heterocycles. The van der Waals surface area contributed by atoms with Gasteiger partial charge in [0.25, 0.3) is 0 Å². The maximum Gasteiger partial charge on any atom is 0.247 e. The Morgan fingerprint density at radius 2 is 1.88 bits per heavy atom. The van der Waals surface area contributed by atoms with E-state index >= 15 is 0 Å². The van der Waals surface area contributed by atoms with Gasteiger partial charge in [0.1, 0.15) is 18.7 Å². The topological polar surface area (TPSA) is 64.7 Å². The van der Waals surface area contributed by atoms with Crippen LogP contribution in [0, 0.1) is 5.92 Å². The lowest BCUT2D eigenvalue weighted by atomic mass is 10.0. The number of carbonyl (C=O) groups is 1. The summed E-state index contributed by atoms with van der Waals surface area (Å²) in [6, 6.07) is 11.4.